The number of aliphatic hydroxyl groups is 1. The van der Waals surface area contributed by atoms with Crippen LogP contribution in [0.3, 0.4) is 0 Å². The normalized spacial score (nSPS) is 11.4. The smallest absolute Gasteiger partial charge is 0.168 e. The van der Waals surface area contributed by atoms with Crippen LogP contribution in [0.1, 0.15) is 19.4 Å². The molecule has 76 valence electrons. The third-order valence-electron chi connectivity index (χ3n) is 2.03. The lowest BCUT2D eigenvalue weighted by atomic mass is 9.97. The van der Waals surface area contributed by atoms with E-state index in [4.69, 9.17) is 5.73 Å². The fraction of sp³-hybridized carbons (Fsp3) is 0.364. The van der Waals surface area contributed by atoms with Crippen LogP contribution in [0.5, 0.6) is 0 Å². The van der Waals surface area contributed by atoms with Crippen LogP contribution in [0.4, 0.5) is 5.69 Å². The van der Waals surface area contributed by atoms with E-state index in [0.29, 0.717) is 5.69 Å². The van der Waals surface area contributed by atoms with Gasteiger partial charge in [-0.1, -0.05) is 12.1 Å². The largest absolute Gasteiger partial charge is 0.399 e. The molecule has 0 saturated heterocycles. The molecule has 0 spiro atoms. The van der Waals surface area contributed by atoms with E-state index in [1.807, 2.05) is 0 Å². The van der Waals surface area contributed by atoms with Crippen molar-refractivity contribution in [3.8, 4) is 0 Å². The number of benzene rings is 1. The van der Waals surface area contributed by atoms with E-state index in [1.165, 1.54) is 13.8 Å². The predicted octanol–water partition coefficient (Wildman–Crippen LogP) is 1.15. The van der Waals surface area contributed by atoms with Gasteiger partial charge in [0.15, 0.2) is 5.78 Å². The Kier molecular flexibility index (Phi) is 2.91. The third kappa shape index (κ3) is 2.85. The van der Waals surface area contributed by atoms with Gasteiger partial charge in [0.05, 0.1) is 0 Å². The molecule has 0 aromatic heterocycles. The van der Waals surface area contributed by atoms with E-state index in [9.17, 15) is 9.90 Å². The van der Waals surface area contributed by atoms with Crippen LogP contribution < -0.4 is 5.73 Å². The SMILES string of the molecule is CC(C)(O)C(=O)Cc1ccc(N)cc1. The molecule has 0 aliphatic heterocycles. The first-order chi connectivity index (χ1) is 6.39. The maximum Gasteiger partial charge on any atom is 0.168 e. The molecule has 1 aromatic rings. The Bertz CT molecular complexity index is 322. The highest BCUT2D eigenvalue weighted by molar-refractivity contribution is 5.88. The summed E-state index contributed by atoms with van der Waals surface area (Å²) in [5.74, 6) is -0.192. The van der Waals surface area contributed by atoms with Crippen molar-refractivity contribution in [3.63, 3.8) is 0 Å². The summed E-state index contributed by atoms with van der Waals surface area (Å²) in [5, 5.41) is 9.43. The van der Waals surface area contributed by atoms with Crippen molar-refractivity contribution >= 4 is 11.5 Å². The van der Waals surface area contributed by atoms with Crippen LogP contribution >= 0.6 is 0 Å². The number of ketones is 1. The molecule has 1 rings (SSSR count). The Labute approximate surface area is 83.6 Å². The molecule has 1 aromatic carbocycles. The molecular weight excluding hydrogens is 178 g/mol. The van der Waals surface area contributed by atoms with Gasteiger partial charge in [-0.25, -0.2) is 0 Å². The van der Waals surface area contributed by atoms with Crippen molar-refractivity contribution in [3.05, 3.63) is 29.8 Å². The Morgan fingerprint density at radius 3 is 2.29 bits per heavy atom. The van der Waals surface area contributed by atoms with Gasteiger partial charge in [-0.2, -0.15) is 0 Å². The Morgan fingerprint density at radius 1 is 1.36 bits per heavy atom. The summed E-state index contributed by atoms with van der Waals surface area (Å²) in [4.78, 5) is 11.4. The van der Waals surface area contributed by atoms with Crippen LogP contribution in [-0.4, -0.2) is 16.5 Å². The molecule has 0 radical (unpaired) electrons. The first kappa shape index (κ1) is 10.7. The number of hydrogen-bond donors (Lipinski definition) is 2. The summed E-state index contributed by atoms with van der Waals surface area (Å²) in [6, 6.07) is 7.07. The molecule has 0 aliphatic carbocycles. The number of anilines is 1. The average molecular weight is 193 g/mol. The molecular formula is C11H15NO2. The maximum absolute atomic E-state index is 11.4. The van der Waals surface area contributed by atoms with Crippen molar-refractivity contribution in [2.45, 2.75) is 25.9 Å². The highest BCUT2D eigenvalue weighted by Gasteiger charge is 2.23. The Balaban J connectivity index is 2.71. The van der Waals surface area contributed by atoms with Gasteiger partial charge in [-0.3, -0.25) is 4.79 Å². The number of carbonyl (C=O) groups is 1. The van der Waals surface area contributed by atoms with Gasteiger partial charge >= 0.3 is 0 Å². The molecule has 0 fully saturated rings. The van der Waals surface area contributed by atoms with E-state index >= 15 is 0 Å². The summed E-state index contributed by atoms with van der Waals surface area (Å²) in [5.41, 5.74) is 5.78. The van der Waals surface area contributed by atoms with Gasteiger partial charge in [0.25, 0.3) is 0 Å². The summed E-state index contributed by atoms with van der Waals surface area (Å²) < 4.78 is 0. The molecule has 3 heteroatoms. The van der Waals surface area contributed by atoms with Crippen molar-refractivity contribution in [2.75, 3.05) is 5.73 Å². The van der Waals surface area contributed by atoms with Gasteiger partial charge in [0.2, 0.25) is 0 Å². The lowest BCUT2D eigenvalue weighted by Gasteiger charge is -2.15. The average Bonchev–Trinajstić information content (AvgIpc) is 2.07. The number of rotatable bonds is 3. The van der Waals surface area contributed by atoms with Crippen LogP contribution in [0.2, 0.25) is 0 Å². The second-order valence-corrected chi connectivity index (χ2v) is 3.90. The Hall–Kier alpha value is -1.35. The molecule has 0 aliphatic rings. The molecule has 14 heavy (non-hydrogen) atoms. The van der Waals surface area contributed by atoms with Crippen molar-refractivity contribution < 1.29 is 9.90 Å². The molecule has 0 saturated carbocycles. The fourth-order valence-corrected chi connectivity index (χ4v) is 1.04. The van der Waals surface area contributed by atoms with Gasteiger partial charge in [-0.15, -0.1) is 0 Å². The Morgan fingerprint density at radius 2 is 1.86 bits per heavy atom. The van der Waals surface area contributed by atoms with Gasteiger partial charge < -0.3 is 10.8 Å². The zero-order chi connectivity index (χ0) is 10.8. The first-order valence-electron chi connectivity index (χ1n) is 4.49. The minimum atomic E-state index is -1.26. The summed E-state index contributed by atoms with van der Waals surface area (Å²) in [6.07, 6.45) is 0.240. The van der Waals surface area contributed by atoms with E-state index in [2.05, 4.69) is 0 Å². The standard InChI is InChI=1S/C11H15NO2/c1-11(2,14)10(13)7-8-3-5-9(12)6-4-8/h3-6,14H,7,12H2,1-2H3. The van der Waals surface area contributed by atoms with Gasteiger partial charge in [0, 0.05) is 12.1 Å². The molecule has 3 nitrogen and oxygen atoms in total. The highest BCUT2D eigenvalue weighted by Crippen LogP contribution is 2.11. The minimum absolute atomic E-state index is 0.192. The number of Topliss-reactive ketones (excluding diaryl/α,β-unsaturated/α-hetero) is 1. The minimum Gasteiger partial charge on any atom is -0.399 e. The van der Waals surface area contributed by atoms with Crippen LogP contribution in [-0.2, 0) is 11.2 Å². The third-order valence-corrected chi connectivity index (χ3v) is 2.03. The zero-order valence-corrected chi connectivity index (χ0v) is 8.45. The van der Waals surface area contributed by atoms with Gasteiger partial charge in [0.1, 0.15) is 5.60 Å². The number of carbonyl (C=O) groups excluding carboxylic acids is 1. The van der Waals surface area contributed by atoms with Crippen molar-refractivity contribution in [1.82, 2.24) is 0 Å². The van der Waals surface area contributed by atoms with E-state index < -0.39 is 5.60 Å². The molecule has 0 atom stereocenters. The van der Waals surface area contributed by atoms with Crippen LogP contribution in [0, 0.1) is 0 Å². The van der Waals surface area contributed by atoms with Crippen molar-refractivity contribution in [1.29, 1.82) is 0 Å². The number of hydrogen-bond acceptors (Lipinski definition) is 3. The zero-order valence-electron chi connectivity index (χ0n) is 8.45. The molecule has 0 heterocycles. The molecule has 0 bridgehead atoms. The topological polar surface area (TPSA) is 63.3 Å². The maximum atomic E-state index is 11.4. The quantitative estimate of drug-likeness (QED) is 0.708. The van der Waals surface area contributed by atoms with E-state index in [-0.39, 0.29) is 12.2 Å². The summed E-state index contributed by atoms with van der Waals surface area (Å²) in [6.45, 7) is 2.99. The molecule has 0 amide bonds. The lowest BCUT2D eigenvalue weighted by Crippen LogP contribution is -2.32. The molecule has 3 N–H and O–H groups in total. The fourth-order valence-electron chi connectivity index (χ4n) is 1.04. The van der Waals surface area contributed by atoms with Crippen molar-refractivity contribution in [2.24, 2.45) is 0 Å². The first-order valence-corrected chi connectivity index (χ1v) is 4.49. The molecule has 0 unspecified atom stereocenters. The predicted molar refractivity (Wildman–Crippen MR) is 55.9 cm³/mol. The van der Waals surface area contributed by atoms with Crippen LogP contribution in [0.15, 0.2) is 24.3 Å². The highest BCUT2D eigenvalue weighted by atomic mass is 16.3. The second-order valence-electron chi connectivity index (χ2n) is 3.90. The van der Waals surface area contributed by atoms with Crippen LogP contribution in [0.25, 0.3) is 0 Å². The number of nitrogen functional groups attached to an aromatic ring is 1. The lowest BCUT2D eigenvalue weighted by molar-refractivity contribution is -0.133. The van der Waals surface area contributed by atoms with Gasteiger partial charge in [-0.05, 0) is 31.5 Å². The van der Waals surface area contributed by atoms with E-state index in [1.54, 1.807) is 24.3 Å². The summed E-state index contributed by atoms with van der Waals surface area (Å²) >= 11 is 0. The number of nitrogens with two attached hydrogens (primary N) is 1. The second kappa shape index (κ2) is 3.80. The monoisotopic (exact) mass is 193 g/mol. The van der Waals surface area contributed by atoms with E-state index in [0.717, 1.165) is 5.56 Å². The summed E-state index contributed by atoms with van der Waals surface area (Å²) in [7, 11) is 0.